The second kappa shape index (κ2) is 5.84. The summed E-state index contributed by atoms with van der Waals surface area (Å²) in [5, 5.41) is 8.75. The second-order valence-corrected chi connectivity index (χ2v) is 4.30. The quantitative estimate of drug-likeness (QED) is 0.753. The van der Waals surface area contributed by atoms with Gasteiger partial charge in [0.25, 0.3) is 0 Å². The highest BCUT2D eigenvalue weighted by Crippen LogP contribution is 2.31. The standard InChI is InChI=1S/C10H19F3N2O/c11-10(12,13)9(1-4-14)15-5-2-8(7-15)3-6-16/h8-9,16H,1-7,14H2. The fourth-order valence-electron chi connectivity index (χ4n) is 2.28. The van der Waals surface area contributed by atoms with Gasteiger partial charge >= 0.3 is 6.18 Å². The molecule has 0 aromatic heterocycles. The number of likely N-dealkylation sites (tertiary alicyclic amines) is 1. The summed E-state index contributed by atoms with van der Waals surface area (Å²) in [5.74, 6) is 0.188. The van der Waals surface area contributed by atoms with Gasteiger partial charge in [0.1, 0.15) is 6.04 Å². The van der Waals surface area contributed by atoms with Gasteiger partial charge in [0.05, 0.1) is 0 Å². The monoisotopic (exact) mass is 240 g/mol. The molecule has 16 heavy (non-hydrogen) atoms. The molecule has 1 fully saturated rings. The Hall–Kier alpha value is -0.330. The summed E-state index contributed by atoms with van der Waals surface area (Å²) < 4.78 is 38.2. The minimum absolute atomic E-state index is 0.0463. The molecule has 96 valence electrons. The highest BCUT2D eigenvalue weighted by Gasteiger charge is 2.44. The van der Waals surface area contributed by atoms with Crippen molar-refractivity contribution in [3.63, 3.8) is 0 Å². The lowest BCUT2D eigenvalue weighted by Gasteiger charge is -2.29. The normalized spacial score (nSPS) is 24.9. The maximum atomic E-state index is 12.7. The largest absolute Gasteiger partial charge is 0.404 e. The van der Waals surface area contributed by atoms with Gasteiger partial charge in [0.2, 0.25) is 0 Å². The number of hydrogen-bond acceptors (Lipinski definition) is 3. The number of aliphatic hydroxyl groups is 1. The van der Waals surface area contributed by atoms with Gasteiger partial charge in [-0.25, -0.2) is 0 Å². The van der Waals surface area contributed by atoms with Crippen molar-refractivity contribution in [3.05, 3.63) is 0 Å². The Morgan fingerprint density at radius 3 is 2.62 bits per heavy atom. The highest BCUT2D eigenvalue weighted by atomic mass is 19.4. The number of nitrogens with zero attached hydrogens (tertiary/aromatic N) is 1. The average molecular weight is 240 g/mol. The van der Waals surface area contributed by atoms with Crippen molar-refractivity contribution in [2.45, 2.75) is 31.5 Å². The van der Waals surface area contributed by atoms with Crippen molar-refractivity contribution in [2.24, 2.45) is 11.7 Å². The first-order valence-corrected chi connectivity index (χ1v) is 5.60. The Morgan fingerprint density at radius 2 is 2.12 bits per heavy atom. The molecular weight excluding hydrogens is 221 g/mol. The van der Waals surface area contributed by atoms with Gasteiger partial charge in [-0.15, -0.1) is 0 Å². The molecule has 1 saturated heterocycles. The molecule has 0 aliphatic carbocycles. The Labute approximate surface area is 93.4 Å². The Balaban J connectivity index is 2.54. The number of nitrogens with two attached hydrogens (primary N) is 1. The predicted octanol–water partition coefficient (Wildman–Crippen LogP) is 0.970. The van der Waals surface area contributed by atoms with Gasteiger partial charge in [-0.1, -0.05) is 0 Å². The topological polar surface area (TPSA) is 49.5 Å². The number of aliphatic hydroxyl groups excluding tert-OH is 1. The maximum Gasteiger partial charge on any atom is 0.404 e. The lowest BCUT2D eigenvalue weighted by atomic mass is 10.1. The van der Waals surface area contributed by atoms with Gasteiger partial charge in [-0.05, 0) is 38.3 Å². The summed E-state index contributed by atoms with van der Waals surface area (Å²) in [5.41, 5.74) is 5.22. The molecule has 2 atom stereocenters. The third-order valence-corrected chi connectivity index (χ3v) is 3.11. The summed E-state index contributed by atoms with van der Waals surface area (Å²) in [7, 11) is 0. The molecule has 0 radical (unpaired) electrons. The molecule has 0 spiro atoms. The van der Waals surface area contributed by atoms with E-state index in [4.69, 9.17) is 10.8 Å². The van der Waals surface area contributed by atoms with Crippen LogP contribution in [0, 0.1) is 5.92 Å². The van der Waals surface area contributed by atoms with Gasteiger partial charge in [-0.2, -0.15) is 13.2 Å². The SMILES string of the molecule is NCCC(N1CCC(CCO)C1)C(F)(F)F. The first kappa shape index (κ1) is 13.7. The smallest absolute Gasteiger partial charge is 0.396 e. The van der Waals surface area contributed by atoms with Crippen LogP contribution >= 0.6 is 0 Å². The van der Waals surface area contributed by atoms with Crippen molar-refractivity contribution in [1.82, 2.24) is 4.90 Å². The van der Waals surface area contributed by atoms with Crippen LogP contribution in [0.5, 0.6) is 0 Å². The zero-order valence-corrected chi connectivity index (χ0v) is 9.21. The molecule has 3 nitrogen and oxygen atoms in total. The number of halogens is 3. The number of alkyl halides is 3. The highest BCUT2D eigenvalue weighted by molar-refractivity contribution is 4.85. The van der Waals surface area contributed by atoms with E-state index in [-0.39, 0.29) is 25.5 Å². The van der Waals surface area contributed by atoms with E-state index in [0.29, 0.717) is 19.5 Å². The van der Waals surface area contributed by atoms with Crippen LogP contribution in [-0.4, -0.2) is 48.5 Å². The lowest BCUT2D eigenvalue weighted by Crippen LogP contribution is -2.45. The van der Waals surface area contributed by atoms with Crippen molar-refractivity contribution in [1.29, 1.82) is 0 Å². The van der Waals surface area contributed by atoms with Gasteiger partial charge in [-0.3, -0.25) is 4.90 Å². The Morgan fingerprint density at radius 1 is 1.44 bits per heavy atom. The van der Waals surface area contributed by atoms with E-state index in [1.54, 1.807) is 0 Å². The molecule has 0 bridgehead atoms. The van der Waals surface area contributed by atoms with E-state index in [1.807, 2.05) is 0 Å². The van der Waals surface area contributed by atoms with Gasteiger partial charge in [0.15, 0.2) is 0 Å². The summed E-state index contributed by atoms with van der Waals surface area (Å²) in [4.78, 5) is 1.45. The lowest BCUT2D eigenvalue weighted by molar-refractivity contribution is -0.182. The van der Waals surface area contributed by atoms with Crippen LogP contribution in [-0.2, 0) is 0 Å². The molecule has 6 heteroatoms. The van der Waals surface area contributed by atoms with Crippen LogP contribution < -0.4 is 5.73 Å². The van der Waals surface area contributed by atoms with Crippen molar-refractivity contribution in [2.75, 3.05) is 26.2 Å². The predicted molar refractivity (Wildman–Crippen MR) is 54.9 cm³/mol. The van der Waals surface area contributed by atoms with E-state index in [0.717, 1.165) is 6.42 Å². The zero-order chi connectivity index (χ0) is 12.2. The van der Waals surface area contributed by atoms with Gasteiger partial charge < -0.3 is 10.8 Å². The minimum Gasteiger partial charge on any atom is -0.396 e. The molecular formula is C10H19F3N2O. The molecule has 0 saturated carbocycles. The Kier molecular flexibility index (Phi) is 5.01. The molecule has 1 aliphatic rings. The molecule has 1 aliphatic heterocycles. The maximum absolute atomic E-state index is 12.7. The molecule has 0 aromatic rings. The van der Waals surface area contributed by atoms with Crippen LogP contribution in [0.25, 0.3) is 0 Å². The fourth-order valence-corrected chi connectivity index (χ4v) is 2.28. The third kappa shape index (κ3) is 3.61. The summed E-state index contributed by atoms with van der Waals surface area (Å²) in [6.07, 6.45) is -2.93. The molecule has 1 rings (SSSR count). The molecule has 3 N–H and O–H groups in total. The molecule has 2 unspecified atom stereocenters. The number of rotatable bonds is 5. The fraction of sp³-hybridized carbons (Fsp3) is 1.00. The van der Waals surface area contributed by atoms with Crippen LogP contribution in [0.1, 0.15) is 19.3 Å². The molecule has 1 heterocycles. The van der Waals surface area contributed by atoms with Crippen LogP contribution in [0.15, 0.2) is 0 Å². The van der Waals surface area contributed by atoms with Crippen LogP contribution in [0.4, 0.5) is 13.2 Å². The average Bonchev–Trinajstić information content (AvgIpc) is 2.61. The third-order valence-electron chi connectivity index (χ3n) is 3.11. The minimum atomic E-state index is -4.20. The van der Waals surface area contributed by atoms with Crippen LogP contribution in [0.2, 0.25) is 0 Å². The van der Waals surface area contributed by atoms with Crippen molar-refractivity contribution >= 4 is 0 Å². The molecule has 0 aromatic carbocycles. The van der Waals surface area contributed by atoms with E-state index in [2.05, 4.69) is 0 Å². The Bertz CT molecular complexity index is 211. The van der Waals surface area contributed by atoms with E-state index < -0.39 is 12.2 Å². The number of hydrogen-bond donors (Lipinski definition) is 2. The van der Waals surface area contributed by atoms with Crippen LogP contribution in [0.3, 0.4) is 0 Å². The van der Waals surface area contributed by atoms with E-state index in [1.165, 1.54) is 4.90 Å². The molecule has 0 amide bonds. The van der Waals surface area contributed by atoms with Crippen molar-refractivity contribution < 1.29 is 18.3 Å². The second-order valence-electron chi connectivity index (χ2n) is 4.30. The summed E-state index contributed by atoms with van der Waals surface area (Å²) in [6.45, 7) is 0.969. The van der Waals surface area contributed by atoms with E-state index in [9.17, 15) is 13.2 Å². The first-order valence-electron chi connectivity index (χ1n) is 5.60. The van der Waals surface area contributed by atoms with Gasteiger partial charge in [0, 0.05) is 13.2 Å². The first-order chi connectivity index (χ1) is 7.49. The summed E-state index contributed by atoms with van der Waals surface area (Å²) >= 11 is 0. The summed E-state index contributed by atoms with van der Waals surface area (Å²) in [6, 6.07) is -1.42. The van der Waals surface area contributed by atoms with E-state index >= 15 is 0 Å². The zero-order valence-electron chi connectivity index (χ0n) is 9.21. The van der Waals surface area contributed by atoms with Crippen molar-refractivity contribution in [3.8, 4) is 0 Å².